The molecule has 1 aromatic rings. The van der Waals surface area contributed by atoms with Gasteiger partial charge in [0.25, 0.3) is 10.1 Å². The Morgan fingerprint density at radius 3 is 2.35 bits per heavy atom. The molecule has 1 rings (SSSR count). The minimum atomic E-state index is -4.15. The van der Waals surface area contributed by atoms with Gasteiger partial charge in [0.15, 0.2) is 0 Å². The number of aliphatic carboxylic acids is 1. The monoisotopic (exact) mass is 340 g/mol. The topological polar surface area (TPSA) is 91.7 Å². The molecule has 0 spiro atoms. The van der Waals surface area contributed by atoms with Gasteiger partial charge in [-0.2, -0.15) is 8.42 Å². The second-order valence-corrected chi connectivity index (χ2v) is 6.37. The van der Waals surface area contributed by atoms with Crippen molar-refractivity contribution >= 4 is 22.2 Å². The predicted octanol–water partition coefficient (Wildman–Crippen LogP) is 4.09. The van der Waals surface area contributed by atoms with Gasteiger partial charge in [-0.1, -0.05) is 56.7 Å². The second kappa shape index (κ2) is 9.97. The van der Waals surface area contributed by atoms with Gasteiger partial charge >= 0.3 is 5.97 Å². The van der Waals surface area contributed by atoms with E-state index >= 15 is 0 Å². The molecule has 0 amide bonds. The summed E-state index contributed by atoms with van der Waals surface area (Å²) < 4.78 is 30.8. The summed E-state index contributed by atoms with van der Waals surface area (Å²) in [4.78, 5) is 10.2. The molecule has 6 heteroatoms. The van der Waals surface area contributed by atoms with Gasteiger partial charge < -0.3 is 5.11 Å². The van der Waals surface area contributed by atoms with E-state index in [-0.39, 0.29) is 4.90 Å². The number of hydrogen-bond acceptors (Lipinski definition) is 3. The fourth-order valence-electron chi connectivity index (χ4n) is 1.80. The number of rotatable bonds is 6. The Kier molecular flexibility index (Phi) is 9.14. The van der Waals surface area contributed by atoms with Gasteiger partial charge in [0.1, 0.15) is 4.90 Å². The molecule has 128 valence electrons. The summed E-state index contributed by atoms with van der Waals surface area (Å²) in [5.74, 6) is -0.809. The van der Waals surface area contributed by atoms with E-state index in [0.717, 1.165) is 19.3 Å². The highest BCUT2D eigenvalue weighted by molar-refractivity contribution is 7.86. The molecule has 0 fully saturated rings. The summed E-state index contributed by atoms with van der Waals surface area (Å²) in [5, 5.41) is 8.41. The van der Waals surface area contributed by atoms with Crippen LogP contribution in [0.5, 0.6) is 0 Å². The number of benzene rings is 1. The fourth-order valence-corrected chi connectivity index (χ4v) is 2.72. The molecular formula is C17H24O5S. The quantitative estimate of drug-likeness (QED) is 0.462. The molecule has 0 aromatic heterocycles. The van der Waals surface area contributed by atoms with Crippen molar-refractivity contribution in [3.63, 3.8) is 0 Å². The summed E-state index contributed by atoms with van der Waals surface area (Å²) in [6.45, 7) is 8.80. The van der Waals surface area contributed by atoms with E-state index in [4.69, 9.17) is 9.66 Å². The van der Waals surface area contributed by atoms with Crippen LogP contribution >= 0.6 is 0 Å². The van der Waals surface area contributed by atoms with Crippen LogP contribution in [0.4, 0.5) is 0 Å². The molecule has 0 bridgehead atoms. The van der Waals surface area contributed by atoms with Crippen molar-refractivity contribution in [3.8, 4) is 0 Å². The van der Waals surface area contributed by atoms with Gasteiger partial charge in [0.05, 0.1) is 0 Å². The maximum Gasteiger partial charge on any atom is 0.330 e. The minimum absolute atomic E-state index is 0.0648. The Bertz CT molecular complexity index is 672. The van der Waals surface area contributed by atoms with Crippen molar-refractivity contribution in [3.05, 3.63) is 47.6 Å². The molecule has 0 heterocycles. The zero-order valence-corrected chi connectivity index (χ0v) is 14.6. The maximum absolute atomic E-state index is 10.9. The highest BCUT2D eigenvalue weighted by Crippen LogP contribution is 2.20. The Hall–Kier alpha value is -1.92. The number of unbranched alkanes of at least 4 members (excludes halogenated alkanes) is 2. The molecule has 2 N–H and O–H groups in total. The summed E-state index contributed by atoms with van der Waals surface area (Å²) in [5.41, 5.74) is 1.39. The zero-order chi connectivity index (χ0) is 18.0. The molecule has 0 atom stereocenters. The smallest absolute Gasteiger partial charge is 0.330 e. The van der Waals surface area contributed by atoms with E-state index < -0.39 is 16.1 Å². The van der Waals surface area contributed by atoms with E-state index in [1.165, 1.54) is 6.08 Å². The molecule has 0 aliphatic carbocycles. The molecule has 0 saturated heterocycles. The number of carboxylic acid groups (broad SMARTS) is 1. The molecule has 0 aliphatic heterocycles. The second-order valence-electron chi connectivity index (χ2n) is 5.01. The SMILES string of the molecule is C=Cc1cccc(C)c1S(=O)(=O)O.CCCCC=C(C)C(=O)O. The number of hydrogen-bond donors (Lipinski definition) is 2. The summed E-state index contributed by atoms with van der Waals surface area (Å²) in [6, 6.07) is 4.92. The first-order valence-electron chi connectivity index (χ1n) is 7.24. The lowest BCUT2D eigenvalue weighted by atomic mass is 10.1. The van der Waals surface area contributed by atoms with Crippen molar-refractivity contribution in [2.24, 2.45) is 0 Å². The predicted molar refractivity (Wildman–Crippen MR) is 92.0 cm³/mol. The van der Waals surface area contributed by atoms with E-state index in [2.05, 4.69) is 13.5 Å². The maximum atomic E-state index is 10.9. The van der Waals surface area contributed by atoms with Gasteiger partial charge in [-0.05, 0) is 31.4 Å². The van der Waals surface area contributed by atoms with Crippen LogP contribution < -0.4 is 0 Å². The van der Waals surface area contributed by atoms with Gasteiger partial charge in [-0.25, -0.2) is 4.79 Å². The third-order valence-electron chi connectivity index (χ3n) is 3.07. The molecule has 0 saturated carbocycles. The van der Waals surface area contributed by atoms with Crippen LogP contribution in [0, 0.1) is 6.92 Å². The molecule has 23 heavy (non-hydrogen) atoms. The van der Waals surface area contributed by atoms with E-state index in [1.54, 1.807) is 38.1 Å². The van der Waals surface area contributed by atoms with Crippen molar-refractivity contribution in [1.29, 1.82) is 0 Å². The lowest BCUT2D eigenvalue weighted by molar-refractivity contribution is -0.132. The van der Waals surface area contributed by atoms with Crippen molar-refractivity contribution in [2.75, 3.05) is 0 Å². The highest BCUT2D eigenvalue weighted by Gasteiger charge is 2.15. The fraction of sp³-hybridized carbons (Fsp3) is 0.353. The van der Waals surface area contributed by atoms with Crippen molar-refractivity contribution < 1.29 is 22.9 Å². The highest BCUT2D eigenvalue weighted by atomic mass is 32.2. The number of aryl methyl sites for hydroxylation is 1. The first-order valence-corrected chi connectivity index (χ1v) is 8.68. The van der Waals surface area contributed by atoms with Crippen LogP contribution in [0.15, 0.2) is 41.3 Å². The number of allylic oxidation sites excluding steroid dienone is 1. The average Bonchev–Trinajstić information content (AvgIpc) is 2.46. The Morgan fingerprint density at radius 1 is 1.35 bits per heavy atom. The van der Waals surface area contributed by atoms with Crippen LogP contribution in [0.2, 0.25) is 0 Å². The van der Waals surface area contributed by atoms with E-state index in [0.29, 0.717) is 16.7 Å². The number of carbonyl (C=O) groups is 1. The Balaban J connectivity index is 0.000000438. The van der Waals surface area contributed by atoms with Crippen LogP contribution in [0.25, 0.3) is 6.08 Å². The standard InChI is InChI=1S/C9H10O3S.C8H14O2/c1-3-8-6-4-5-7(2)9(8)13(10,11)12;1-3-4-5-6-7(2)8(9)10/h3-6H,1H2,2H3,(H,10,11,12);6H,3-5H2,1-2H3,(H,9,10). The minimum Gasteiger partial charge on any atom is -0.478 e. The van der Waals surface area contributed by atoms with Gasteiger partial charge in [-0.15, -0.1) is 0 Å². The normalized spacial score (nSPS) is 11.4. The zero-order valence-electron chi connectivity index (χ0n) is 13.7. The summed E-state index contributed by atoms with van der Waals surface area (Å²) in [7, 11) is -4.15. The third kappa shape index (κ3) is 7.76. The summed E-state index contributed by atoms with van der Waals surface area (Å²) in [6.07, 6.45) is 6.24. The van der Waals surface area contributed by atoms with Crippen molar-refractivity contribution in [1.82, 2.24) is 0 Å². The molecule has 1 aromatic carbocycles. The van der Waals surface area contributed by atoms with Crippen LogP contribution in [-0.4, -0.2) is 24.0 Å². The van der Waals surface area contributed by atoms with E-state index in [1.807, 2.05) is 0 Å². The van der Waals surface area contributed by atoms with Crippen LogP contribution in [0.1, 0.15) is 44.2 Å². The molecular weight excluding hydrogens is 316 g/mol. The van der Waals surface area contributed by atoms with Crippen molar-refractivity contribution in [2.45, 2.75) is 44.9 Å². The molecule has 0 aliphatic rings. The Labute approximate surface area is 138 Å². The first kappa shape index (κ1) is 21.1. The first-order chi connectivity index (χ1) is 10.6. The van der Waals surface area contributed by atoms with Crippen LogP contribution in [0.3, 0.4) is 0 Å². The lowest BCUT2D eigenvalue weighted by Crippen LogP contribution is -2.03. The summed E-state index contributed by atoms with van der Waals surface area (Å²) >= 11 is 0. The molecule has 0 radical (unpaired) electrons. The Morgan fingerprint density at radius 2 is 1.96 bits per heavy atom. The number of carboxylic acids is 1. The molecule has 0 unspecified atom stereocenters. The average molecular weight is 340 g/mol. The lowest BCUT2D eigenvalue weighted by Gasteiger charge is -2.05. The van der Waals surface area contributed by atoms with Gasteiger partial charge in [0.2, 0.25) is 0 Å². The molecule has 5 nitrogen and oxygen atoms in total. The van der Waals surface area contributed by atoms with Gasteiger partial charge in [0, 0.05) is 5.57 Å². The van der Waals surface area contributed by atoms with Crippen LogP contribution in [-0.2, 0) is 14.9 Å². The van der Waals surface area contributed by atoms with E-state index in [9.17, 15) is 13.2 Å². The largest absolute Gasteiger partial charge is 0.478 e. The third-order valence-corrected chi connectivity index (χ3v) is 4.14. The van der Waals surface area contributed by atoms with Gasteiger partial charge in [-0.3, -0.25) is 4.55 Å².